The van der Waals surface area contributed by atoms with Crippen molar-refractivity contribution in [3.05, 3.63) is 0 Å². The van der Waals surface area contributed by atoms with E-state index in [9.17, 15) is 19.5 Å². The molecule has 0 aromatic carbocycles. The van der Waals surface area contributed by atoms with E-state index in [0.717, 1.165) is 0 Å². The fourth-order valence-corrected chi connectivity index (χ4v) is 1.03. The molecular formula is C9H17N3O5. The second kappa shape index (κ2) is 6.81. The molecule has 0 aliphatic carbocycles. The number of aliphatic hydroxyl groups excluding tert-OH is 1. The molecule has 0 aliphatic heterocycles. The molecule has 0 radical (unpaired) electrons. The van der Waals surface area contributed by atoms with E-state index < -0.39 is 36.0 Å². The van der Waals surface area contributed by atoms with Crippen LogP contribution in [0.3, 0.4) is 0 Å². The Kier molecular flexibility index (Phi) is 6.15. The maximum absolute atomic E-state index is 11.5. The van der Waals surface area contributed by atoms with Crippen LogP contribution >= 0.6 is 0 Å². The summed E-state index contributed by atoms with van der Waals surface area (Å²) in [6.07, 6.45) is -1.10. The van der Waals surface area contributed by atoms with Gasteiger partial charge in [-0.3, -0.25) is 14.4 Å². The fraction of sp³-hybridized carbons (Fsp3) is 0.667. The van der Waals surface area contributed by atoms with Gasteiger partial charge in [0, 0.05) is 13.5 Å². The number of nitrogens with one attached hydrogen (secondary N) is 2. The Morgan fingerprint density at radius 3 is 2.24 bits per heavy atom. The van der Waals surface area contributed by atoms with Crippen molar-refractivity contribution in [2.45, 2.75) is 32.0 Å². The Hall–Kier alpha value is -1.67. The van der Waals surface area contributed by atoms with Crippen LogP contribution in [0.5, 0.6) is 0 Å². The summed E-state index contributed by atoms with van der Waals surface area (Å²) in [4.78, 5) is 32.7. The summed E-state index contributed by atoms with van der Waals surface area (Å²) < 4.78 is 0. The van der Waals surface area contributed by atoms with Crippen LogP contribution in [0.25, 0.3) is 0 Å². The molecule has 3 unspecified atom stereocenters. The van der Waals surface area contributed by atoms with Crippen molar-refractivity contribution in [1.29, 1.82) is 0 Å². The number of hydrogen-bond donors (Lipinski definition) is 5. The number of amides is 2. The molecule has 8 nitrogen and oxygen atoms in total. The van der Waals surface area contributed by atoms with E-state index in [4.69, 9.17) is 10.8 Å². The van der Waals surface area contributed by atoms with Gasteiger partial charge in [0.15, 0.2) is 0 Å². The SMILES string of the molecule is CC(=O)NC(C(=O)NCC(N)C(=O)O)C(C)O. The lowest BCUT2D eigenvalue weighted by Gasteiger charge is -2.20. The van der Waals surface area contributed by atoms with E-state index in [2.05, 4.69) is 10.6 Å². The van der Waals surface area contributed by atoms with E-state index in [1.54, 1.807) is 0 Å². The van der Waals surface area contributed by atoms with Crippen LogP contribution in [-0.4, -0.2) is 52.7 Å². The summed E-state index contributed by atoms with van der Waals surface area (Å²) in [5.74, 6) is -2.42. The van der Waals surface area contributed by atoms with Gasteiger partial charge < -0.3 is 26.6 Å². The summed E-state index contributed by atoms with van der Waals surface area (Å²) in [5.41, 5.74) is 5.18. The molecule has 17 heavy (non-hydrogen) atoms. The molecule has 0 fully saturated rings. The van der Waals surface area contributed by atoms with Gasteiger partial charge in [0.1, 0.15) is 12.1 Å². The highest BCUT2D eigenvalue weighted by Crippen LogP contribution is 1.93. The number of aliphatic carboxylic acids is 1. The molecule has 2 amide bonds. The molecular weight excluding hydrogens is 230 g/mol. The number of nitrogens with two attached hydrogens (primary N) is 1. The van der Waals surface area contributed by atoms with Gasteiger partial charge in [-0.1, -0.05) is 0 Å². The Labute approximate surface area is 98.2 Å². The summed E-state index contributed by atoms with van der Waals surface area (Å²) in [6, 6.07) is -2.36. The van der Waals surface area contributed by atoms with Crippen molar-refractivity contribution < 1.29 is 24.6 Å². The van der Waals surface area contributed by atoms with Crippen LogP contribution in [-0.2, 0) is 14.4 Å². The van der Waals surface area contributed by atoms with Crippen molar-refractivity contribution >= 4 is 17.8 Å². The van der Waals surface area contributed by atoms with Crippen LogP contribution in [0.15, 0.2) is 0 Å². The normalized spacial score (nSPS) is 15.5. The third-order valence-corrected chi connectivity index (χ3v) is 1.94. The third kappa shape index (κ3) is 5.83. The Morgan fingerprint density at radius 2 is 1.88 bits per heavy atom. The van der Waals surface area contributed by atoms with Crippen molar-refractivity contribution in [3.8, 4) is 0 Å². The molecule has 3 atom stereocenters. The van der Waals surface area contributed by atoms with Gasteiger partial charge in [0.05, 0.1) is 6.10 Å². The molecule has 0 bridgehead atoms. The molecule has 0 spiro atoms. The highest BCUT2D eigenvalue weighted by atomic mass is 16.4. The molecule has 98 valence electrons. The first kappa shape index (κ1) is 15.3. The maximum Gasteiger partial charge on any atom is 0.322 e. The first-order valence-corrected chi connectivity index (χ1v) is 4.97. The third-order valence-electron chi connectivity index (χ3n) is 1.94. The van der Waals surface area contributed by atoms with Gasteiger partial charge in [-0.2, -0.15) is 0 Å². The van der Waals surface area contributed by atoms with Gasteiger partial charge in [-0.05, 0) is 6.92 Å². The minimum Gasteiger partial charge on any atom is -0.480 e. The van der Waals surface area contributed by atoms with Crippen molar-refractivity contribution in [2.75, 3.05) is 6.54 Å². The van der Waals surface area contributed by atoms with E-state index in [1.165, 1.54) is 13.8 Å². The number of carboxylic acids is 1. The standard InChI is InChI=1S/C9H17N3O5/c1-4(13)7(12-5(2)14)8(15)11-3-6(10)9(16)17/h4,6-7,13H,3,10H2,1-2H3,(H,11,15)(H,12,14)(H,16,17). The lowest BCUT2D eigenvalue weighted by Crippen LogP contribution is -2.54. The smallest absolute Gasteiger partial charge is 0.322 e. The molecule has 0 heterocycles. The van der Waals surface area contributed by atoms with Crippen molar-refractivity contribution in [1.82, 2.24) is 10.6 Å². The highest BCUT2D eigenvalue weighted by Gasteiger charge is 2.25. The largest absolute Gasteiger partial charge is 0.480 e. The van der Waals surface area contributed by atoms with Gasteiger partial charge >= 0.3 is 5.97 Å². The second-order valence-electron chi connectivity index (χ2n) is 3.61. The number of hydrogen-bond acceptors (Lipinski definition) is 5. The number of rotatable bonds is 6. The van der Waals surface area contributed by atoms with Crippen molar-refractivity contribution in [3.63, 3.8) is 0 Å². The second-order valence-corrected chi connectivity index (χ2v) is 3.61. The van der Waals surface area contributed by atoms with Crippen LogP contribution in [0, 0.1) is 0 Å². The fourth-order valence-electron chi connectivity index (χ4n) is 1.03. The number of carbonyl (C=O) groups excluding carboxylic acids is 2. The monoisotopic (exact) mass is 247 g/mol. The highest BCUT2D eigenvalue weighted by molar-refractivity contribution is 5.87. The van der Waals surface area contributed by atoms with E-state index in [1.807, 2.05) is 0 Å². The molecule has 0 saturated carbocycles. The molecule has 0 aromatic rings. The quantitative estimate of drug-likeness (QED) is 0.348. The van der Waals surface area contributed by atoms with E-state index in [-0.39, 0.29) is 6.54 Å². The number of carbonyl (C=O) groups is 3. The number of aliphatic hydroxyl groups is 1. The first-order valence-electron chi connectivity index (χ1n) is 4.97. The van der Waals surface area contributed by atoms with Crippen LogP contribution in [0.2, 0.25) is 0 Å². The molecule has 8 heteroatoms. The number of carboxylic acid groups (broad SMARTS) is 1. The zero-order valence-corrected chi connectivity index (χ0v) is 9.64. The van der Waals surface area contributed by atoms with Gasteiger partial charge in [0.25, 0.3) is 0 Å². The summed E-state index contributed by atoms with van der Waals surface area (Å²) in [6.45, 7) is 2.25. The zero-order chi connectivity index (χ0) is 13.6. The Bertz CT molecular complexity index is 305. The molecule has 0 aromatic heterocycles. The molecule has 6 N–H and O–H groups in total. The summed E-state index contributed by atoms with van der Waals surface area (Å²) >= 11 is 0. The Balaban J connectivity index is 4.33. The lowest BCUT2D eigenvalue weighted by atomic mass is 10.1. The predicted molar refractivity (Wildman–Crippen MR) is 57.9 cm³/mol. The topological polar surface area (TPSA) is 142 Å². The van der Waals surface area contributed by atoms with Gasteiger partial charge in [-0.15, -0.1) is 0 Å². The summed E-state index contributed by atoms with van der Waals surface area (Å²) in [5, 5.41) is 22.2. The van der Waals surface area contributed by atoms with Crippen molar-refractivity contribution in [2.24, 2.45) is 5.73 Å². The molecule has 0 rings (SSSR count). The molecule has 0 saturated heterocycles. The Morgan fingerprint density at radius 1 is 1.35 bits per heavy atom. The van der Waals surface area contributed by atoms with Crippen LogP contribution in [0.4, 0.5) is 0 Å². The average Bonchev–Trinajstić information content (AvgIpc) is 2.21. The summed E-state index contributed by atoms with van der Waals surface area (Å²) in [7, 11) is 0. The van der Waals surface area contributed by atoms with Crippen LogP contribution in [0.1, 0.15) is 13.8 Å². The predicted octanol–water partition coefficient (Wildman–Crippen LogP) is -2.60. The zero-order valence-electron chi connectivity index (χ0n) is 9.64. The van der Waals surface area contributed by atoms with Crippen LogP contribution < -0.4 is 16.4 Å². The maximum atomic E-state index is 11.5. The minimum atomic E-state index is -1.25. The first-order chi connectivity index (χ1) is 7.75. The lowest BCUT2D eigenvalue weighted by molar-refractivity contribution is -0.138. The van der Waals surface area contributed by atoms with E-state index >= 15 is 0 Å². The van der Waals surface area contributed by atoms with Gasteiger partial charge in [-0.25, -0.2) is 0 Å². The van der Waals surface area contributed by atoms with E-state index in [0.29, 0.717) is 0 Å². The average molecular weight is 247 g/mol. The van der Waals surface area contributed by atoms with Gasteiger partial charge in [0.2, 0.25) is 11.8 Å². The minimum absolute atomic E-state index is 0.281. The molecule has 0 aliphatic rings.